The van der Waals surface area contributed by atoms with Crippen LogP contribution in [0.2, 0.25) is 0 Å². The van der Waals surface area contributed by atoms with Gasteiger partial charge < -0.3 is 20.3 Å². The summed E-state index contributed by atoms with van der Waals surface area (Å²) in [6.45, 7) is 12.5. The molecular weight excluding hydrogens is 318 g/mol. The fraction of sp³-hybridized carbons (Fsp3) is 0.824. The molecule has 1 aromatic heterocycles. The summed E-state index contributed by atoms with van der Waals surface area (Å²) in [5.74, 6) is 2.70. The van der Waals surface area contributed by atoms with Crippen molar-refractivity contribution in [1.82, 2.24) is 30.3 Å². The van der Waals surface area contributed by atoms with E-state index in [0.717, 1.165) is 69.7 Å². The maximum atomic E-state index is 5.12. The molecular formula is C17H33N7O. The van der Waals surface area contributed by atoms with Crippen molar-refractivity contribution in [3.63, 3.8) is 0 Å². The predicted molar refractivity (Wildman–Crippen MR) is 99.7 cm³/mol. The quantitative estimate of drug-likeness (QED) is 0.502. The topological polar surface area (TPSA) is 79.6 Å². The number of hydrogen-bond acceptors (Lipinski definition) is 5. The SMILES string of the molecule is CCNC(=NCCN(CC)CC)NC1CCc2nc(COC)nn2C1. The third-order valence-electron chi connectivity index (χ3n) is 4.44. The average Bonchev–Trinajstić information content (AvgIpc) is 3.01. The molecule has 0 bridgehead atoms. The number of aliphatic imine (C=N–C) groups is 1. The Morgan fingerprint density at radius 3 is 2.84 bits per heavy atom. The summed E-state index contributed by atoms with van der Waals surface area (Å²) in [5.41, 5.74) is 0. The van der Waals surface area contributed by atoms with Crippen LogP contribution in [0.15, 0.2) is 4.99 Å². The van der Waals surface area contributed by atoms with E-state index in [0.29, 0.717) is 12.6 Å². The summed E-state index contributed by atoms with van der Waals surface area (Å²) in [4.78, 5) is 11.6. The molecule has 2 N–H and O–H groups in total. The van der Waals surface area contributed by atoms with E-state index < -0.39 is 0 Å². The Kier molecular flexibility index (Phi) is 8.14. The lowest BCUT2D eigenvalue weighted by molar-refractivity contribution is 0.177. The molecule has 0 aromatic carbocycles. The Labute approximate surface area is 151 Å². The molecule has 0 radical (unpaired) electrons. The zero-order valence-corrected chi connectivity index (χ0v) is 16.1. The van der Waals surface area contributed by atoms with E-state index in [1.165, 1.54) is 0 Å². The first kappa shape index (κ1) is 19.7. The maximum absolute atomic E-state index is 5.12. The van der Waals surface area contributed by atoms with E-state index in [1.54, 1.807) is 7.11 Å². The maximum Gasteiger partial charge on any atom is 0.191 e. The van der Waals surface area contributed by atoms with Gasteiger partial charge in [-0.05, 0) is 26.4 Å². The number of likely N-dealkylation sites (N-methyl/N-ethyl adjacent to an activating group) is 1. The number of fused-ring (bicyclic) bond motifs is 1. The molecule has 0 saturated carbocycles. The second-order valence-corrected chi connectivity index (χ2v) is 6.23. The molecule has 1 aliphatic rings. The van der Waals surface area contributed by atoms with Gasteiger partial charge in [0.05, 0.1) is 13.1 Å². The summed E-state index contributed by atoms with van der Waals surface area (Å²) in [7, 11) is 1.67. The van der Waals surface area contributed by atoms with Crippen molar-refractivity contribution in [2.45, 2.75) is 52.8 Å². The minimum Gasteiger partial charge on any atom is -0.377 e. The molecule has 1 aromatic rings. The highest BCUT2D eigenvalue weighted by molar-refractivity contribution is 5.80. The third kappa shape index (κ3) is 5.97. The van der Waals surface area contributed by atoms with E-state index in [2.05, 4.69) is 46.4 Å². The van der Waals surface area contributed by atoms with E-state index in [4.69, 9.17) is 9.73 Å². The molecule has 2 rings (SSSR count). The van der Waals surface area contributed by atoms with Crippen molar-refractivity contribution < 1.29 is 4.74 Å². The zero-order valence-electron chi connectivity index (χ0n) is 16.1. The lowest BCUT2D eigenvalue weighted by Crippen LogP contribution is -2.47. The van der Waals surface area contributed by atoms with E-state index in [-0.39, 0.29) is 0 Å². The van der Waals surface area contributed by atoms with E-state index in [1.807, 2.05) is 4.68 Å². The van der Waals surface area contributed by atoms with E-state index in [9.17, 15) is 0 Å². The van der Waals surface area contributed by atoms with Gasteiger partial charge in [-0.25, -0.2) is 9.67 Å². The Morgan fingerprint density at radius 2 is 2.16 bits per heavy atom. The fourth-order valence-electron chi connectivity index (χ4n) is 3.03. The highest BCUT2D eigenvalue weighted by atomic mass is 16.5. The van der Waals surface area contributed by atoms with Gasteiger partial charge in [-0.1, -0.05) is 13.8 Å². The second-order valence-electron chi connectivity index (χ2n) is 6.23. The monoisotopic (exact) mass is 351 g/mol. The standard InChI is InChI=1S/C17H33N7O/c1-5-18-17(19-10-11-23(6-2)7-3)20-14-8-9-16-21-15(13-25-4)22-24(16)12-14/h14H,5-13H2,1-4H3,(H2,18,19,20). The molecule has 2 heterocycles. The number of rotatable bonds is 9. The number of aryl methyl sites for hydroxylation is 1. The van der Waals surface area contributed by atoms with Crippen molar-refractivity contribution in [3.05, 3.63) is 11.6 Å². The molecule has 1 aliphatic heterocycles. The second kappa shape index (κ2) is 10.4. The van der Waals surface area contributed by atoms with Crippen LogP contribution in [0.4, 0.5) is 0 Å². The third-order valence-corrected chi connectivity index (χ3v) is 4.44. The number of hydrogen-bond donors (Lipinski definition) is 2. The Hall–Kier alpha value is -1.67. The van der Waals surface area contributed by atoms with Crippen LogP contribution >= 0.6 is 0 Å². The van der Waals surface area contributed by atoms with Crippen LogP contribution in [0.5, 0.6) is 0 Å². The van der Waals surface area contributed by atoms with Gasteiger partial charge in [-0.2, -0.15) is 5.10 Å². The summed E-state index contributed by atoms with van der Waals surface area (Å²) >= 11 is 0. The number of nitrogens with one attached hydrogen (secondary N) is 2. The van der Waals surface area contributed by atoms with Crippen LogP contribution in [0.25, 0.3) is 0 Å². The minimum absolute atomic E-state index is 0.316. The molecule has 0 saturated heterocycles. The van der Waals surface area contributed by atoms with Gasteiger partial charge in [0.25, 0.3) is 0 Å². The molecule has 1 atom stereocenters. The molecule has 8 heteroatoms. The predicted octanol–water partition coefficient (Wildman–Crippen LogP) is 0.636. The molecule has 0 spiro atoms. The van der Waals surface area contributed by atoms with Crippen LogP contribution in [0, 0.1) is 0 Å². The summed E-state index contributed by atoms with van der Waals surface area (Å²) in [6.07, 6.45) is 1.96. The fourth-order valence-corrected chi connectivity index (χ4v) is 3.03. The van der Waals surface area contributed by atoms with Gasteiger partial charge in [-0.3, -0.25) is 4.99 Å². The van der Waals surface area contributed by atoms with Crippen molar-refractivity contribution in [2.75, 3.05) is 39.8 Å². The molecule has 25 heavy (non-hydrogen) atoms. The molecule has 0 amide bonds. The Bertz CT molecular complexity index is 539. The number of nitrogens with zero attached hydrogens (tertiary/aromatic N) is 5. The minimum atomic E-state index is 0.316. The van der Waals surface area contributed by atoms with Gasteiger partial charge in [0.15, 0.2) is 11.8 Å². The van der Waals surface area contributed by atoms with Crippen molar-refractivity contribution in [3.8, 4) is 0 Å². The van der Waals surface area contributed by atoms with Crippen molar-refractivity contribution >= 4 is 5.96 Å². The number of aromatic nitrogens is 3. The van der Waals surface area contributed by atoms with Gasteiger partial charge in [-0.15, -0.1) is 0 Å². The first-order valence-corrected chi connectivity index (χ1v) is 9.38. The lowest BCUT2D eigenvalue weighted by Gasteiger charge is -2.25. The van der Waals surface area contributed by atoms with Gasteiger partial charge in [0.2, 0.25) is 0 Å². The van der Waals surface area contributed by atoms with Crippen LogP contribution in [0.1, 0.15) is 38.8 Å². The van der Waals surface area contributed by atoms with Gasteiger partial charge in [0.1, 0.15) is 12.4 Å². The van der Waals surface area contributed by atoms with Crippen molar-refractivity contribution in [2.24, 2.45) is 4.99 Å². The molecule has 8 nitrogen and oxygen atoms in total. The highest BCUT2D eigenvalue weighted by Crippen LogP contribution is 2.13. The highest BCUT2D eigenvalue weighted by Gasteiger charge is 2.22. The molecule has 1 unspecified atom stereocenters. The van der Waals surface area contributed by atoms with Gasteiger partial charge >= 0.3 is 0 Å². The normalized spacial score (nSPS) is 17.6. The summed E-state index contributed by atoms with van der Waals surface area (Å²) in [6, 6.07) is 0.316. The van der Waals surface area contributed by atoms with E-state index >= 15 is 0 Å². The van der Waals surface area contributed by atoms with Crippen LogP contribution in [-0.2, 0) is 24.3 Å². The van der Waals surface area contributed by atoms with Crippen molar-refractivity contribution in [1.29, 1.82) is 0 Å². The summed E-state index contributed by atoms with van der Waals surface area (Å²) < 4.78 is 7.12. The van der Waals surface area contributed by atoms with Crippen LogP contribution in [0.3, 0.4) is 0 Å². The molecule has 0 fully saturated rings. The van der Waals surface area contributed by atoms with Crippen LogP contribution < -0.4 is 10.6 Å². The first-order chi connectivity index (χ1) is 12.2. The lowest BCUT2D eigenvalue weighted by atomic mass is 10.1. The molecule has 142 valence electrons. The Balaban J connectivity index is 1.90. The molecule has 0 aliphatic carbocycles. The average molecular weight is 351 g/mol. The van der Waals surface area contributed by atoms with Crippen LogP contribution in [-0.4, -0.2) is 71.5 Å². The number of methoxy groups -OCH3 is 1. The first-order valence-electron chi connectivity index (χ1n) is 9.38. The largest absolute Gasteiger partial charge is 0.377 e. The smallest absolute Gasteiger partial charge is 0.191 e. The number of ether oxygens (including phenoxy) is 1. The Morgan fingerprint density at radius 1 is 1.36 bits per heavy atom. The van der Waals surface area contributed by atoms with Gasteiger partial charge in [0, 0.05) is 32.7 Å². The summed E-state index contributed by atoms with van der Waals surface area (Å²) in [5, 5.41) is 11.4. The zero-order chi connectivity index (χ0) is 18.1. The number of guanidine groups is 1.